The van der Waals surface area contributed by atoms with E-state index in [9.17, 15) is 24.0 Å². The Hall–Kier alpha value is -4.96. The van der Waals surface area contributed by atoms with Crippen LogP contribution in [0.2, 0.25) is 5.02 Å². The molecule has 4 rings (SSSR count). The molecule has 0 unspecified atom stereocenters. The minimum atomic E-state index is -0.924. The number of nitrogens with zero attached hydrogens (tertiary/aromatic N) is 1. The number of methoxy groups -OCH3 is 1. The molecular formula is C27H20ClN3O7. The maximum absolute atomic E-state index is 13.1. The van der Waals surface area contributed by atoms with Crippen LogP contribution in [0.4, 0.5) is 16.2 Å². The van der Waals surface area contributed by atoms with Crippen molar-refractivity contribution >= 4 is 58.8 Å². The van der Waals surface area contributed by atoms with Crippen LogP contribution in [-0.4, -0.2) is 43.4 Å². The number of imide groups is 2. The number of amides is 5. The first-order valence-electron chi connectivity index (χ1n) is 11.1. The zero-order valence-electron chi connectivity index (χ0n) is 19.9. The molecule has 0 atom stereocenters. The van der Waals surface area contributed by atoms with Crippen molar-refractivity contribution < 1.29 is 33.4 Å². The molecule has 0 aromatic heterocycles. The number of carbonyl (C=O) groups excluding carboxylic acids is 5. The number of nitrogens with one attached hydrogen (secondary N) is 2. The summed E-state index contributed by atoms with van der Waals surface area (Å²) >= 11 is 5.84. The van der Waals surface area contributed by atoms with Gasteiger partial charge in [-0.2, -0.15) is 0 Å². The molecule has 1 saturated heterocycles. The highest BCUT2D eigenvalue weighted by Crippen LogP contribution is 2.24. The van der Waals surface area contributed by atoms with Crippen molar-refractivity contribution in [3.8, 4) is 5.75 Å². The van der Waals surface area contributed by atoms with E-state index >= 15 is 0 Å². The van der Waals surface area contributed by atoms with E-state index in [1.165, 1.54) is 43.5 Å². The van der Waals surface area contributed by atoms with Crippen LogP contribution >= 0.6 is 11.6 Å². The number of barbiturate groups is 1. The van der Waals surface area contributed by atoms with Crippen LogP contribution in [0, 0.1) is 0 Å². The second-order valence-electron chi connectivity index (χ2n) is 7.91. The number of anilines is 2. The van der Waals surface area contributed by atoms with E-state index in [0.29, 0.717) is 22.0 Å². The Morgan fingerprint density at radius 3 is 2.39 bits per heavy atom. The second-order valence-corrected chi connectivity index (χ2v) is 8.35. The maximum atomic E-state index is 13.1. The third kappa shape index (κ3) is 6.05. The van der Waals surface area contributed by atoms with Gasteiger partial charge in [0, 0.05) is 10.7 Å². The van der Waals surface area contributed by atoms with E-state index in [1.807, 2.05) is 0 Å². The van der Waals surface area contributed by atoms with Gasteiger partial charge in [0.05, 0.1) is 18.4 Å². The van der Waals surface area contributed by atoms with Gasteiger partial charge < -0.3 is 14.8 Å². The molecule has 0 radical (unpaired) electrons. The van der Waals surface area contributed by atoms with Gasteiger partial charge in [0.2, 0.25) is 0 Å². The van der Waals surface area contributed by atoms with Gasteiger partial charge in [-0.25, -0.2) is 14.5 Å². The Morgan fingerprint density at radius 2 is 1.71 bits per heavy atom. The van der Waals surface area contributed by atoms with Crippen molar-refractivity contribution in [1.29, 1.82) is 0 Å². The lowest BCUT2D eigenvalue weighted by Crippen LogP contribution is -2.54. The van der Waals surface area contributed by atoms with Gasteiger partial charge in [-0.3, -0.25) is 19.7 Å². The van der Waals surface area contributed by atoms with Crippen molar-refractivity contribution in [1.82, 2.24) is 5.32 Å². The molecule has 5 amide bonds. The summed E-state index contributed by atoms with van der Waals surface area (Å²) in [5.41, 5.74) is 1.07. The topological polar surface area (TPSA) is 131 Å². The minimum Gasteiger partial charge on any atom is -0.484 e. The van der Waals surface area contributed by atoms with Crippen LogP contribution in [0.25, 0.3) is 6.08 Å². The van der Waals surface area contributed by atoms with Crippen LogP contribution < -0.4 is 20.3 Å². The molecule has 0 aliphatic carbocycles. The zero-order valence-corrected chi connectivity index (χ0v) is 20.7. The molecule has 11 heteroatoms. The predicted octanol–water partition coefficient (Wildman–Crippen LogP) is 3.81. The van der Waals surface area contributed by atoms with Gasteiger partial charge in [0.1, 0.15) is 11.3 Å². The molecule has 0 spiro atoms. The van der Waals surface area contributed by atoms with Crippen molar-refractivity contribution in [3.05, 3.63) is 94.5 Å². The van der Waals surface area contributed by atoms with Crippen molar-refractivity contribution in [2.45, 2.75) is 0 Å². The van der Waals surface area contributed by atoms with E-state index in [4.69, 9.17) is 16.3 Å². The first kappa shape index (κ1) is 26.1. The van der Waals surface area contributed by atoms with E-state index in [2.05, 4.69) is 15.4 Å². The maximum Gasteiger partial charge on any atom is 0.337 e. The lowest BCUT2D eigenvalue weighted by atomic mass is 10.1. The Bertz CT molecular complexity index is 1450. The van der Waals surface area contributed by atoms with E-state index in [-0.39, 0.29) is 23.4 Å². The van der Waals surface area contributed by atoms with Crippen molar-refractivity contribution in [3.63, 3.8) is 0 Å². The van der Waals surface area contributed by atoms with E-state index in [1.54, 1.807) is 42.5 Å². The van der Waals surface area contributed by atoms with Gasteiger partial charge in [-0.1, -0.05) is 23.7 Å². The average molecular weight is 534 g/mol. The first-order valence-corrected chi connectivity index (χ1v) is 11.5. The van der Waals surface area contributed by atoms with Gasteiger partial charge in [-0.15, -0.1) is 0 Å². The molecule has 38 heavy (non-hydrogen) atoms. The summed E-state index contributed by atoms with van der Waals surface area (Å²) in [4.78, 5) is 62.7. The summed E-state index contributed by atoms with van der Waals surface area (Å²) in [6, 6.07) is 17.6. The molecule has 1 fully saturated rings. The summed E-state index contributed by atoms with van der Waals surface area (Å²) in [5.74, 6) is -2.37. The predicted molar refractivity (Wildman–Crippen MR) is 139 cm³/mol. The standard InChI is InChI=1S/C27H20ClN3O7/c1-37-26(35)17-5-11-20(12-6-17)31-25(34)22(24(33)30-27(31)36)14-16-3-2-4-21(13-16)38-15-23(32)29-19-9-7-18(28)8-10-19/h2-14H,15H2,1H3,(H,29,32)(H,30,33,36)/b22-14-. The quantitative estimate of drug-likeness (QED) is 0.268. The van der Waals surface area contributed by atoms with Gasteiger partial charge in [0.15, 0.2) is 6.61 Å². The molecular weight excluding hydrogens is 514 g/mol. The number of ether oxygens (including phenoxy) is 2. The Morgan fingerprint density at radius 1 is 1.00 bits per heavy atom. The van der Waals surface area contributed by atoms with Gasteiger partial charge in [-0.05, 0) is 72.3 Å². The zero-order chi connectivity index (χ0) is 27.2. The number of urea groups is 1. The highest BCUT2D eigenvalue weighted by molar-refractivity contribution is 6.39. The largest absolute Gasteiger partial charge is 0.484 e. The molecule has 10 nitrogen and oxygen atoms in total. The lowest BCUT2D eigenvalue weighted by molar-refractivity contribution is -0.122. The number of benzene rings is 3. The average Bonchev–Trinajstić information content (AvgIpc) is 2.91. The van der Waals surface area contributed by atoms with E-state index in [0.717, 1.165) is 4.90 Å². The van der Waals surface area contributed by atoms with Crippen LogP contribution in [0.1, 0.15) is 15.9 Å². The Labute approximate surface area is 221 Å². The van der Waals surface area contributed by atoms with Gasteiger partial charge >= 0.3 is 12.0 Å². The molecule has 1 aliphatic rings. The molecule has 1 heterocycles. The highest BCUT2D eigenvalue weighted by Gasteiger charge is 2.36. The van der Waals surface area contributed by atoms with Crippen LogP contribution in [0.15, 0.2) is 78.4 Å². The minimum absolute atomic E-state index is 0.155. The highest BCUT2D eigenvalue weighted by atomic mass is 35.5. The van der Waals surface area contributed by atoms with Crippen LogP contribution in [0.3, 0.4) is 0 Å². The molecule has 0 bridgehead atoms. The number of esters is 1. The fourth-order valence-corrected chi connectivity index (χ4v) is 3.62. The Kier molecular flexibility index (Phi) is 7.83. The molecule has 3 aromatic rings. The van der Waals surface area contributed by atoms with E-state index < -0.39 is 29.7 Å². The number of hydrogen-bond donors (Lipinski definition) is 2. The van der Waals surface area contributed by atoms with Crippen molar-refractivity contribution in [2.75, 3.05) is 23.9 Å². The molecule has 192 valence electrons. The van der Waals surface area contributed by atoms with Crippen LogP contribution in [-0.2, 0) is 19.1 Å². The summed E-state index contributed by atoms with van der Waals surface area (Å²) in [6.07, 6.45) is 1.31. The second kappa shape index (κ2) is 11.4. The lowest BCUT2D eigenvalue weighted by Gasteiger charge is -2.26. The number of hydrogen-bond acceptors (Lipinski definition) is 7. The normalized spacial score (nSPS) is 14.2. The first-order chi connectivity index (χ1) is 18.2. The summed E-state index contributed by atoms with van der Waals surface area (Å²) < 4.78 is 10.2. The molecule has 2 N–H and O–H groups in total. The molecule has 1 aliphatic heterocycles. The number of rotatable bonds is 7. The molecule has 0 saturated carbocycles. The SMILES string of the molecule is COC(=O)c1ccc(N2C(=O)NC(=O)/C(=C/c3cccc(OCC(=O)Nc4ccc(Cl)cc4)c3)C2=O)cc1. The fraction of sp³-hybridized carbons (Fsp3) is 0.0741. The number of halogens is 1. The monoisotopic (exact) mass is 533 g/mol. The van der Waals surface area contributed by atoms with Gasteiger partial charge in [0.25, 0.3) is 17.7 Å². The summed E-state index contributed by atoms with van der Waals surface area (Å²) in [5, 5.41) is 5.35. The smallest absolute Gasteiger partial charge is 0.337 e. The third-order valence-electron chi connectivity index (χ3n) is 5.32. The number of carbonyl (C=O) groups is 5. The Balaban J connectivity index is 1.48. The molecule has 3 aromatic carbocycles. The van der Waals surface area contributed by atoms with Crippen LogP contribution in [0.5, 0.6) is 5.75 Å². The summed E-state index contributed by atoms with van der Waals surface area (Å²) in [6.45, 7) is -0.286. The fourth-order valence-electron chi connectivity index (χ4n) is 3.50. The third-order valence-corrected chi connectivity index (χ3v) is 5.57. The van der Waals surface area contributed by atoms with Crippen molar-refractivity contribution in [2.24, 2.45) is 0 Å². The summed E-state index contributed by atoms with van der Waals surface area (Å²) in [7, 11) is 1.23.